The van der Waals surface area contributed by atoms with Crippen LogP contribution in [-0.4, -0.2) is 132 Å². The molecule has 15 heteroatoms. The average Bonchev–Trinajstić information content (AvgIpc) is 3.02. The molecule has 0 aliphatic carbocycles. The summed E-state index contributed by atoms with van der Waals surface area (Å²) in [6.07, 6.45) is 0.278. The van der Waals surface area contributed by atoms with Crippen LogP contribution in [0.1, 0.15) is 52.9 Å². The van der Waals surface area contributed by atoms with Crippen LogP contribution >= 0.6 is 0 Å². The number of hydrogen-bond acceptors (Lipinski definition) is 14. The molecule has 2 fully saturated rings. The molecule has 15 atom stereocenters. The summed E-state index contributed by atoms with van der Waals surface area (Å²) in [7, 11) is 0. The zero-order valence-corrected chi connectivity index (χ0v) is 28.5. The number of aliphatic carboxylic acids is 1. The molecule has 0 amide bonds. The van der Waals surface area contributed by atoms with Crippen LogP contribution in [0.2, 0.25) is 0 Å². The molecule has 3 heterocycles. The molecule has 50 heavy (non-hydrogen) atoms. The molecular formula is C35H53NO14. The van der Waals surface area contributed by atoms with Gasteiger partial charge in [-0.25, -0.2) is 4.79 Å². The summed E-state index contributed by atoms with van der Waals surface area (Å²) >= 11 is 0. The Kier molecular flexibility index (Phi) is 15.9. The number of fused-ring (bicyclic) bond motifs is 2. The van der Waals surface area contributed by atoms with Crippen LogP contribution in [0.15, 0.2) is 60.8 Å². The van der Waals surface area contributed by atoms with Gasteiger partial charge in [-0.2, -0.15) is 0 Å². The van der Waals surface area contributed by atoms with Crippen molar-refractivity contribution in [3.8, 4) is 0 Å². The van der Waals surface area contributed by atoms with Crippen molar-refractivity contribution < 1.29 is 69.4 Å². The maximum absolute atomic E-state index is 12.4. The van der Waals surface area contributed by atoms with Gasteiger partial charge in [0, 0.05) is 37.7 Å². The third kappa shape index (κ3) is 11.9. The first-order valence-corrected chi connectivity index (χ1v) is 16.9. The largest absolute Gasteiger partial charge is 0.481 e. The number of esters is 1. The monoisotopic (exact) mass is 711 g/mol. The van der Waals surface area contributed by atoms with Crippen molar-refractivity contribution in [2.24, 2.45) is 17.6 Å². The number of nitrogens with two attached hydrogens (primary N) is 1. The highest BCUT2D eigenvalue weighted by Gasteiger charge is 2.51. The van der Waals surface area contributed by atoms with E-state index < -0.39 is 116 Å². The molecule has 282 valence electrons. The highest BCUT2D eigenvalue weighted by Crippen LogP contribution is 2.38. The van der Waals surface area contributed by atoms with Gasteiger partial charge >= 0.3 is 11.9 Å². The Morgan fingerprint density at radius 3 is 2.18 bits per heavy atom. The van der Waals surface area contributed by atoms with E-state index in [2.05, 4.69) is 0 Å². The lowest BCUT2D eigenvalue weighted by Gasteiger charge is -2.45. The second-order valence-electron chi connectivity index (χ2n) is 13.2. The summed E-state index contributed by atoms with van der Waals surface area (Å²) in [5.74, 6) is -6.09. The van der Waals surface area contributed by atoms with E-state index in [9.17, 15) is 50.4 Å². The Morgan fingerprint density at radius 1 is 0.900 bits per heavy atom. The molecule has 15 unspecified atom stereocenters. The second kappa shape index (κ2) is 19.2. The summed E-state index contributed by atoms with van der Waals surface area (Å²) in [6, 6.07) is -1.11. The minimum Gasteiger partial charge on any atom is -0.481 e. The number of carboxylic acid groups (broad SMARTS) is 1. The third-order valence-corrected chi connectivity index (χ3v) is 9.18. The molecule has 2 saturated heterocycles. The van der Waals surface area contributed by atoms with Gasteiger partial charge in [0.05, 0.1) is 54.9 Å². The van der Waals surface area contributed by atoms with E-state index in [-0.39, 0.29) is 12.3 Å². The van der Waals surface area contributed by atoms with Crippen molar-refractivity contribution in [2.45, 2.75) is 132 Å². The van der Waals surface area contributed by atoms with Crippen molar-refractivity contribution in [1.29, 1.82) is 0 Å². The van der Waals surface area contributed by atoms with Crippen molar-refractivity contribution in [1.82, 2.24) is 0 Å². The number of aliphatic hydroxyl groups is 7. The van der Waals surface area contributed by atoms with Crippen LogP contribution in [0.4, 0.5) is 0 Å². The van der Waals surface area contributed by atoms with Gasteiger partial charge in [-0.05, 0) is 26.3 Å². The second-order valence-corrected chi connectivity index (χ2v) is 13.2. The molecule has 2 bridgehead atoms. The zero-order chi connectivity index (χ0) is 37.2. The van der Waals surface area contributed by atoms with Crippen LogP contribution in [0.3, 0.4) is 0 Å². The number of rotatable bonds is 4. The van der Waals surface area contributed by atoms with Gasteiger partial charge in [0.25, 0.3) is 0 Å². The zero-order valence-electron chi connectivity index (χ0n) is 28.5. The lowest BCUT2D eigenvalue weighted by Crippen LogP contribution is -2.61. The minimum atomic E-state index is -2.27. The fraction of sp³-hybridized carbons (Fsp3) is 0.657. The summed E-state index contributed by atoms with van der Waals surface area (Å²) in [6.45, 7) is 5.21. The highest BCUT2D eigenvalue weighted by molar-refractivity contribution is 5.82. The fourth-order valence-electron chi connectivity index (χ4n) is 6.28. The quantitative estimate of drug-likeness (QED) is 0.170. The van der Waals surface area contributed by atoms with Crippen LogP contribution in [0.25, 0.3) is 0 Å². The summed E-state index contributed by atoms with van der Waals surface area (Å²) in [5.41, 5.74) is 5.97. The predicted molar refractivity (Wildman–Crippen MR) is 178 cm³/mol. The Morgan fingerprint density at radius 2 is 1.54 bits per heavy atom. The van der Waals surface area contributed by atoms with E-state index in [4.69, 9.17) is 24.7 Å². The van der Waals surface area contributed by atoms with Crippen LogP contribution < -0.4 is 5.73 Å². The number of aliphatic hydroxyl groups excluding tert-OH is 6. The Balaban J connectivity index is 1.95. The van der Waals surface area contributed by atoms with Gasteiger partial charge in [-0.1, -0.05) is 55.5 Å². The number of carboxylic acids is 1. The third-order valence-electron chi connectivity index (χ3n) is 9.18. The maximum atomic E-state index is 12.4. The maximum Gasteiger partial charge on any atom is 0.330 e. The Bertz CT molecular complexity index is 1250. The molecule has 3 aliphatic rings. The molecule has 0 spiro atoms. The standard InChI is InChI=1S/C35H53NO14/c1-4-21-11-9-7-5-6-8-10-12-23(49-34-32(43)30(36)31(42)20(3)48-34)16-27-29(33(44)45)26(40)18-35(46,50-27)17-22(37)15-25(39)24(38)13-14-28(41)47-19(21)2/h5-14,19-27,29-32,34,37-40,42-43,46H,4,15-18,36H2,1-3H3,(H,44,45)/b7-5+,8-6+,11-9+,12-10+,14-13+. The van der Waals surface area contributed by atoms with E-state index in [1.54, 1.807) is 50.3 Å². The molecule has 0 aromatic heterocycles. The minimum absolute atomic E-state index is 0.120. The summed E-state index contributed by atoms with van der Waals surface area (Å²) in [4.78, 5) is 24.7. The molecule has 3 rings (SSSR count). The number of allylic oxidation sites excluding steroid dienone is 6. The van der Waals surface area contributed by atoms with Gasteiger partial charge in [-0.15, -0.1) is 0 Å². The Labute approximate surface area is 291 Å². The van der Waals surface area contributed by atoms with Gasteiger partial charge in [0.1, 0.15) is 18.1 Å². The number of cyclic esters (lactones) is 1. The number of hydrogen-bond donors (Lipinski definition) is 9. The first-order chi connectivity index (χ1) is 23.5. The number of carbonyl (C=O) groups excluding carboxylic acids is 1. The molecule has 3 aliphatic heterocycles. The van der Waals surface area contributed by atoms with Crippen molar-refractivity contribution in [2.75, 3.05) is 0 Å². The first-order valence-electron chi connectivity index (χ1n) is 16.9. The molecule has 15 nitrogen and oxygen atoms in total. The molecule has 10 N–H and O–H groups in total. The van der Waals surface area contributed by atoms with E-state index in [1.807, 2.05) is 13.0 Å². The number of carbonyl (C=O) groups is 2. The first kappa shape index (κ1) is 41.6. The van der Waals surface area contributed by atoms with Crippen LogP contribution in [0, 0.1) is 11.8 Å². The van der Waals surface area contributed by atoms with Gasteiger partial charge in [-0.3, -0.25) is 4.79 Å². The molecule has 0 radical (unpaired) electrons. The molecule has 0 aromatic rings. The van der Waals surface area contributed by atoms with E-state index in [1.165, 1.54) is 6.08 Å². The topological polar surface area (TPSA) is 259 Å². The van der Waals surface area contributed by atoms with Gasteiger partial charge in [0.2, 0.25) is 0 Å². The van der Waals surface area contributed by atoms with Crippen LogP contribution in [-0.2, 0) is 28.5 Å². The van der Waals surface area contributed by atoms with Gasteiger partial charge < -0.3 is 65.5 Å². The summed E-state index contributed by atoms with van der Waals surface area (Å²) < 4.78 is 23.0. The predicted octanol–water partition coefficient (Wildman–Crippen LogP) is -0.290. The van der Waals surface area contributed by atoms with E-state index >= 15 is 0 Å². The molecule has 0 saturated carbocycles. The highest BCUT2D eigenvalue weighted by atomic mass is 16.7. The van der Waals surface area contributed by atoms with Crippen LogP contribution in [0.5, 0.6) is 0 Å². The van der Waals surface area contributed by atoms with Crippen molar-refractivity contribution >= 4 is 11.9 Å². The van der Waals surface area contributed by atoms with E-state index in [0.29, 0.717) is 6.42 Å². The van der Waals surface area contributed by atoms with E-state index in [0.717, 1.165) is 12.2 Å². The van der Waals surface area contributed by atoms with Crippen molar-refractivity contribution in [3.63, 3.8) is 0 Å². The normalized spacial score (nSPS) is 46.0. The smallest absolute Gasteiger partial charge is 0.330 e. The lowest BCUT2D eigenvalue weighted by molar-refractivity contribution is -0.308. The Hall–Kier alpha value is -2.80. The van der Waals surface area contributed by atoms with Crippen molar-refractivity contribution in [3.05, 3.63) is 60.8 Å². The average molecular weight is 712 g/mol. The molecule has 0 aromatic carbocycles. The summed E-state index contributed by atoms with van der Waals surface area (Å²) in [5, 5.41) is 84.9. The van der Waals surface area contributed by atoms with Gasteiger partial charge in [0.15, 0.2) is 12.1 Å². The molecular weight excluding hydrogens is 658 g/mol. The fourth-order valence-corrected chi connectivity index (χ4v) is 6.28. The number of ether oxygens (including phenoxy) is 4. The lowest BCUT2D eigenvalue weighted by atomic mass is 9.82. The SMILES string of the molecule is CCC1/C=C/C=C/C=C/C=C/C(OC2OC(C)C(O)C(N)C2O)CC2OC(O)(CC(O)CC(O)C(O)/C=C/C(=O)OC1C)CC(O)C2C(=O)O.